The number of benzene rings is 3. The first kappa shape index (κ1) is 26.1. The highest BCUT2D eigenvalue weighted by molar-refractivity contribution is 7.89. The quantitative estimate of drug-likeness (QED) is 0.174. The van der Waals surface area contributed by atoms with Crippen LogP contribution in [0.15, 0.2) is 102 Å². The van der Waals surface area contributed by atoms with Crippen LogP contribution in [-0.2, 0) is 10.0 Å². The van der Waals surface area contributed by atoms with E-state index in [2.05, 4.69) is 20.0 Å². The number of H-pyrrole nitrogens is 1. The first-order valence-corrected chi connectivity index (χ1v) is 13.8. The lowest BCUT2D eigenvalue weighted by Crippen LogP contribution is -2.26. The van der Waals surface area contributed by atoms with Gasteiger partial charge in [-0.2, -0.15) is 0 Å². The van der Waals surface area contributed by atoms with Crippen LogP contribution >= 0.6 is 0 Å². The van der Waals surface area contributed by atoms with Crippen molar-refractivity contribution in [1.82, 2.24) is 19.7 Å². The van der Waals surface area contributed by atoms with Crippen LogP contribution in [0.5, 0.6) is 5.75 Å². The minimum absolute atomic E-state index is 0.0168. The van der Waals surface area contributed by atoms with E-state index in [0.29, 0.717) is 30.3 Å². The van der Waals surface area contributed by atoms with E-state index in [4.69, 9.17) is 4.98 Å². The molecule has 0 aliphatic carbocycles. The molecular weight excluding hydrogens is 517 g/mol. The number of aromatic hydroxyl groups is 1. The van der Waals surface area contributed by atoms with Crippen molar-refractivity contribution in [2.75, 3.05) is 18.4 Å². The first-order chi connectivity index (χ1) is 18.9. The number of sulfonamides is 1. The highest BCUT2D eigenvalue weighted by Gasteiger charge is 2.17. The van der Waals surface area contributed by atoms with Gasteiger partial charge in [-0.25, -0.2) is 27.5 Å². The van der Waals surface area contributed by atoms with E-state index < -0.39 is 15.8 Å². The summed E-state index contributed by atoms with van der Waals surface area (Å²) in [5.41, 5.74) is 4.01. The molecule has 10 heteroatoms. The average molecular weight is 544 g/mol. The molecule has 4 N–H and O–H groups in total. The van der Waals surface area contributed by atoms with Crippen molar-refractivity contribution < 1.29 is 17.9 Å². The fourth-order valence-electron chi connectivity index (χ4n) is 4.07. The molecule has 0 fully saturated rings. The second-order valence-corrected chi connectivity index (χ2v) is 10.6. The maximum absolute atomic E-state index is 13.1. The molecule has 39 heavy (non-hydrogen) atoms. The normalized spacial score (nSPS) is 11.4. The summed E-state index contributed by atoms with van der Waals surface area (Å²) < 4.78 is 40.3. The van der Waals surface area contributed by atoms with Crippen molar-refractivity contribution in [3.05, 3.63) is 103 Å². The SMILES string of the molecule is O=S(=O)(NCCCNc1cc(-c2[nH]c(-c3ccccc3)nc2-c2cccc(O)c2)ccn1)c1ccc(F)cc1. The molecule has 0 bridgehead atoms. The predicted octanol–water partition coefficient (Wildman–Crippen LogP) is 5.43. The Balaban J connectivity index is 1.30. The highest BCUT2D eigenvalue weighted by Crippen LogP contribution is 2.34. The number of phenols is 1. The van der Waals surface area contributed by atoms with Gasteiger partial charge in [-0.3, -0.25) is 0 Å². The van der Waals surface area contributed by atoms with Gasteiger partial charge in [0, 0.05) is 36.0 Å². The van der Waals surface area contributed by atoms with Gasteiger partial charge in [0.25, 0.3) is 0 Å². The molecule has 0 unspecified atom stereocenters. The van der Waals surface area contributed by atoms with Crippen LogP contribution < -0.4 is 10.0 Å². The highest BCUT2D eigenvalue weighted by atomic mass is 32.2. The molecule has 0 radical (unpaired) electrons. The van der Waals surface area contributed by atoms with Crippen LogP contribution in [0, 0.1) is 5.82 Å². The number of rotatable bonds is 10. The van der Waals surface area contributed by atoms with Gasteiger partial charge in [-0.15, -0.1) is 0 Å². The standard InChI is InChI=1S/C29H26FN5O3S/c30-23-10-12-25(13-11-23)39(37,38)33-16-5-15-31-26-19-22(14-17-32-26)28-27(21-8-4-9-24(36)18-21)34-29(35-28)20-6-2-1-3-7-20/h1-4,6-14,17-19,33,36H,5,15-16H2,(H,31,32)(H,34,35). The van der Waals surface area contributed by atoms with Crippen molar-refractivity contribution in [3.8, 4) is 39.7 Å². The Morgan fingerprint density at radius 3 is 2.38 bits per heavy atom. The minimum Gasteiger partial charge on any atom is -0.508 e. The zero-order chi connectivity index (χ0) is 27.2. The van der Waals surface area contributed by atoms with E-state index >= 15 is 0 Å². The summed E-state index contributed by atoms with van der Waals surface area (Å²) in [7, 11) is -3.71. The minimum atomic E-state index is -3.71. The van der Waals surface area contributed by atoms with Gasteiger partial charge in [0.15, 0.2) is 0 Å². The molecule has 8 nitrogen and oxygen atoms in total. The zero-order valence-electron chi connectivity index (χ0n) is 20.8. The summed E-state index contributed by atoms with van der Waals surface area (Å²) in [5.74, 6) is 0.971. The molecule has 198 valence electrons. The number of hydrogen-bond acceptors (Lipinski definition) is 6. The van der Waals surface area contributed by atoms with Gasteiger partial charge in [0.1, 0.15) is 23.2 Å². The largest absolute Gasteiger partial charge is 0.508 e. The van der Waals surface area contributed by atoms with Crippen LogP contribution in [0.4, 0.5) is 10.2 Å². The van der Waals surface area contributed by atoms with Gasteiger partial charge >= 0.3 is 0 Å². The number of hydrogen-bond donors (Lipinski definition) is 4. The van der Waals surface area contributed by atoms with Gasteiger partial charge < -0.3 is 15.4 Å². The number of aromatic nitrogens is 3. The molecular formula is C29H26FN5O3S. The number of phenolic OH excluding ortho intramolecular Hbond substituents is 1. The van der Waals surface area contributed by atoms with Crippen LogP contribution in [-0.4, -0.2) is 41.6 Å². The van der Waals surface area contributed by atoms with E-state index in [1.54, 1.807) is 24.4 Å². The summed E-state index contributed by atoms with van der Waals surface area (Å²) in [6.07, 6.45) is 2.19. The molecule has 0 aliphatic rings. The molecule has 2 aromatic heterocycles. The Bertz CT molecular complexity index is 1670. The number of pyridine rings is 1. The monoisotopic (exact) mass is 543 g/mol. The number of aromatic amines is 1. The van der Waals surface area contributed by atoms with Crippen molar-refractivity contribution >= 4 is 15.8 Å². The fourth-order valence-corrected chi connectivity index (χ4v) is 5.14. The fraction of sp³-hybridized carbons (Fsp3) is 0.103. The molecule has 0 saturated heterocycles. The molecule has 0 aliphatic heterocycles. The molecule has 3 aromatic carbocycles. The predicted molar refractivity (Wildman–Crippen MR) is 149 cm³/mol. The molecule has 0 saturated carbocycles. The summed E-state index contributed by atoms with van der Waals surface area (Å²) in [6.45, 7) is 0.676. The second kappa shape index (κ2) is 11.5. The lowest BCUT2D eigenvalue weighted by molar-refractivity contribution is 0.475. The Morgan fingerprint density at radius 1 is 0.846 bits per heavy atom. The van der Waals surface area contributed by atoms with E-state index in [1.165, 1.54) is 12.1 Å². The number of anilines is 1. The number of nitrogens with one attached hydrogen (secondary N) is 3. The van der Waals surface area contributed by atoms with Crippen LogP contribution in [0.3, 0.4) is 0 Å². The number of imidazole rings is 1. The molecule has 0 amide bonds. The Morgan fingerprint density at radius 2 is 1.62 bits per heavy atom. The van der Waals surface area contributed by atoms with Gasteiger partial charge in [-0.1, -0.05) is 42.5 Å². The Kier molecular flexibility index (Phi) is 7.67. The van der Waals surface area contributed by atoms with E-state index in [9.17, 15) is 17.9 Å². The molecule has 0 atom stereocenters. The first-order valence-electron chi connectivity index (χ1n) is 12.3. The molecule has 5 aromatic rings. The van der Waals surface area contributed by atoms with Crippen molar-refractivity contribution in [3.63, 3.8) is 0 Å². The van der Waals surface area contributed by atoms with Gasteiger partial charge in [-0.05, 0) is 55.0 Å². The van der Waals surface area contributed by atoms with Crippen LogP contribution in [0.2, 0.25) is 0 Å². The maximum atomic E-state index is 13.1. The van der Waals surface area contributed by atoms with Crippen molar-refractivity contribution in [2.45, 2.75) is 11.3 Å². The van der Waals surface area contributed by atoms with Gasteiger partial charge in [0.2, 0.25) is 10.0 Å². The number of nitrogens with zero attached hydrogens (tertiary/aromatic N) is 2. The molecule has 2 heterocycles. The third-order valence-electron chi connectivity index (χ3n) is 5.99. The average Bonchev–Trinajstić information content (AvgIpc) is 3.40. The Hall–Kier alpha value is -4.54. The summed E-state index contributed by atoms with van der Waals surface area (Å²) in [4.78, 5) is 12.7. The van der Waals surface area contributed by atoms with Crippen molar-refractivity contribution in [2.24, 2.45) is 0 Å². The van der Waals surface area contributed by atoms with Gasteiger partial charge in [0.05, 0.1) is 16.3 Å². The van der Waals surface area contributed by atoms with Crippen LogP contribution in [0.1, 0.15) is 6.42 Å². The Labute approximate surface area is 225 Å². The maximum Gasteiger partial charge on any atom is 0.240 e. The summed E-state index contributed by atoms with van der Waals surface area (Å²) in [5, 5.41) is 13.3. The molecule has 5 rings (SSSR count). The third-order valence-corrected chi connectivity index (χ3v) is 7.47. The van der Waals surface area contributed by atoms with E-state index in [1.807, 2.05) is 48.5 Å². The summed E-state index contributed by atoms with van der Waals surface area (Å²) in [6, 6.07) is 25.2. The molecule has 0 spiro atoms. The van der Waals surface area contributed by atoms with Crippen molar-refractivity contribution in [1.29, 1.82) is 0 Å². The second-order valence-electron chi connectivity index (χ2n) is 8.79. The summed E-state index contributed by atoms with van der Waals surface area (Å²) >= 11 is 0. The number of halogens is 1. The topological polar surface area (TPSA) is 120 Å². The third kappa shape index (κ3) is 6.31. The van der Waals surface area contributed by atoms with Crippen LogP contribution in [0.25, 0.3) is 33.9 Å². The lowest BCUT2D eigenvalue weighted by atomic mass is 10.1. The smallest absolute Gasteiger partial charge is 0.240 e. The zero-order valence-corrected chi connectivity index (χ0v) is 21.6. The lowest BCUT2D eigenvalue weighted by Gasteiger charge is -2.09. The van der Waals surface area contributed by atoms with E-state index in [-0.39, 0.29) is 17.2 Å². The van der Waals surface area contributed by atoms with E-state index in [0.717, 1.165) is 34.5 Å².